The Kier molecular flexibility index (Phi) is 5.59. The Morgan fingerprint density at radius 3 is 2.56 bits per heavy atom. The number of nitrogens with one attached hydrogen (secondary N) is 1. The maximum absolute atomic E-state index is 12.1. The maximum atomic E-state index is 12.1. The van der Waals surface area contributed by atoms with E-state index in [0.717, 1.165) is 19.3 Å². The van der Waals surface area contributed by atoms with Crippen molar-refractivity contribution < 1.29 is 14.7 Å². The zero-order chi connectivity index (χ0) is 13.7. The molecule has 1 aliphatic rings. The van der Waals surface area contributed by atoms with Crippen molar-refractivity contribution in [3.63, 3.8) is 0 Å². The monoisotopic (exact) mass is 256 g/mol. The van der Waals surface area contributed by atoms with Gasteiger partial charge in [-0.1, -0.05) is 20.3 Å². The highest BCUT2D eigenvalue weighted by atomic mass is 16.4. The summed E-state index contributed by atoms with van der Waals surface area (Å²) in [4.78, 5) is 23.2. The van der Waals surface area contributed by atoms with Crippen molar-refractivity contribution in [3.8, 4) is 0 Å². The number of carbonyl (C=O) groups is 2. The van der Waals surface area contributed by atoms with Gasteiger partial charge >= 0.3 is 5.97 Å². The molecule has 5 nitrogen and oxygen atoms in total. The minimum absolute atomic E-state index is 0.107. The molecule has 104 valence electrons. The molecule has 0 aromatic heterocycles. The number of carboxylic acids is 1. The molecule has 0 radical (unpaired) electrons. The molecule has 0 aromatic rings. The van der Waals surface area contributed by atoms with Gasteiger partial charge in [0, 0.05) is 5.92 Å². The third-order valence-corrected chi connectivity index (χ3v) is 3.62. The Labute approximate surface area is 108 Å². The summed E-state index contributed by atoms with van der Waals surface area (Å²) < 4.78 is 0. The summed E-state index contributed by atoms with van der Waals surface area (Å²) in [5.41, 5.74) is 5.64. The fraction of sp³-hybridized carbons (Fsp3) is 0.846. The van der Waals surface area contributed by atoms with Crippen LogP contribution in [0.2, 0.25) is 0 Å². The van der Waals surface area contributed by atoms with Gasteiger partial charge in [-0.25, -0.2) is 4.79 Å². The molecule has 3 atom stereocenters. The van der Waals surface area contributed by atoms with Gasteiger partial charge in [-0.15, -0.1) is 0 Å². The Hall–Kier alpha value is -1.10. The van der Waals surface area contributed by atoms with E-state index in [4.69, 9.17) is 10.8 Å². The molecule has 1 rings (SSSR count). The van der Waals surface area contributed by atoms with E-state index >= 15 is 0 Å². The van der Waals surface area contributed by atoms with Crippen LogP contribution in [0.25, 0.3) is 0 Å². The zero-order valence-corrected chi connectivity index (χ0v) is 11.2. The summed E-state index contributed by atoms with van der Waals surface area (Å²) in [5, 5.41) is 11.8. The minimum atomic E-state index is -0.959. The van der Waals surface area contributed by atoms with Crippen molar-refractivity contribution >= 4 is 11.9 Å². The number of carboxylic acid groups (broad SMARTS) is 1. The number of nitrogens with two attached hydrogens (primary N) is 1. The third kappa shape index (κ3) is 3.98. The molecular weight excluding hydrogens is 232 g/mol. The molecule has 0 saturated heterocycles. The fourth-order valence-electron chi connectivity index (χ4n) is 2.64. The molecule has 4 N–H and O–H groups in total. The Bertz CT molecular complexity index is 305. The van der Waals surface area contributed by atoms with Crippen molar-refractivity contribution in [3.05, 3.63) is 0 Å². The minimum Gasteiger partial charge on any atom is -0.480 e. The molecule has 18 heavy (non-hydrogen) atoms. The number of amides is 1. The van der Waals surface area contributed by atoms with Crippen LogP contribution in [0, 0.1) is 17.8 Å². The Balaban J connectivity index is 2.58. The van der Waals surface area contributed by atoms with E-state index < -0.39 is 12.0 Å². The van der Waals surface area contributed by atoms with Gasteiger partial charge in [-0.2, -0.15) is 0 Å². The zero-order valence-electron chi connectivity index (χ0n) is 11.2. The molecular formula is C13H24N2O3. The van der Waals surface area contributed by atoms with E-state index in [1.54, 1.807) is 0 Å². The molecule has 0 heterocycles. The predicted molar refractivity (Wildman–Crippen MR) is 68.9 cm³/mol. The predicted octanol–water partition coefficient (Wildman–Crippen LogP) is 0.977. The lowest BCUT2D eigenvalue weighted by Crippen LogP contribution is -2.45. The van der Waals surface area contributed by atoms with Gasteiger partial charge in [-0.3, -0.25) is 4.79 Å². The van der Waals surface area contributed by atoms with Gasteiger partial charge in [-0.05, 0) is 37.6 Å². The van der Waals surface area contributed by atoms with E-state index in [-0.39, 0.29) is 23.7 Å². The molecule has 0 aromatic carbocycles. The van der Waals surface area contributed by atoms with Gasteiger partial charge in [0.15, 0.2) is 0 Å². The van der Waals surface area contributed by atoms with Crippen LogP contribution >= 0.6 is 0 Å². The van der Waals surface area contributed by atoms with Crippen LogP contribution in [0.4, 0.5) is 0 Å². The van der Waals surface area contributed by atoms with Crippen LogP contribution in [0.5, 0.6) is 0 Å². The summed E-state index contributed by atoms with van der Waals surface area (Å²) in [6.45, 7) is 4.39. The first-order valence-corrected chi connectivity index (χ1v) is 6.69. The second-order valence-electron chi connectivity index (χ2n) is 5.56. The quantitative estimate of drug-likeness (QED) is 0.660. The lowest BCUT2D eigenvalue weighted by molar-refractivity contribution is -0.143. The second-order valence-corrected chi connectivity index (χ2v) is 5.56. The average Bonchev–Trinajstić information content (AvgIpc) is 2.75. The van der Waals surface area contributed by atoms with Crippen LogP contribution in [0.3, 0.4) is 0 Å². The Morgan fingerprint density at radius 1 is 1.39 bits per heavy atom. The highest BCUT2D eigenvalue weighted by Gasteiger charge is 2.34. The molecule has 0 bridgehead atoms. The summed E-state index contributed by atoms with van der Waals surface area (Å²) in [6.07, 6.45) is 3.25. The molecule has 1 fully saturated rings. The highest BCUT2D eigenvalue weighted by molar-refractivity contribution is 5.85. The van der Waals surface area contributed by atoms with E-state index in [0.29, 0.717) is 13.0 Å². The van der Waals surface area contributed by atoms with Crippen LogP contribution in [-0.4, -0.2) is 29.6 Å². The fourth-order valence-corrected chi connectivity index (χ4v) is 2.64. The molecule has 1 amide bonds. The smallest absolute Gasteiger partial charge is 0.326 e. The first kappa shape index (κ1) is 15.0. The molecule has 2 unspecified atom stereocenters. The average molecular weight is 256 g/mol. The third-order valence-electron chi connectivity index (χ3n) is 3.62. The standard InChI is InChI=1S/C13H24N2O3/c1-8(2)6-11(13(17)18)15-12(16)10-5-3-4-9(10)7-14/h8-11H,3-7,14H2,1-2H3,(H,15,16)(H,17,18)/t9?,10?,11-/m0/s1. The molecule has 5 heteroatoms. The highest BCUT2D eigenvalue weighted by Crippen LogP contribution is 2.31. The largest absolute Gasteiger partial charge is 0.480 e. The van der Waals surface area contributed by atoms with Crippen molar-refractivity contribution in [2.75, 3.05) is 6.54 Å². The van der Waals surface area contributed by atoms with Gasteiger partial charge in [0.1, 0.15) is 6.04 Å². The van der Waals surface area contributed by atoms with Crippen molar-refractivity contribution in [2.45, 2.75) is 45.6 Å². The number of hydrogen-bond donors (Lipinski definition) is 3. The van der Waals surface area contributed by atoms with Crippen molar-refractivity contribution in [2.24, 2.45) is 23.5 Å². The van der Waals surface area contributed by atoms with Crippen LogP contribution < -0.4 is 11.1 Å². The molecule has 1 saturated carbocycles. The lowest BCUT2D eigenvalue weighted by atomic mass is 9.94. The normalized spacial score (nSPS) is 25.1. The van der Waals surface area contributed by atoms with Gasteiger partial charge in [0.25, 0.3) is 0 Å². The van der Waals surface area contributed by atoms with Crippen LogP contribution in [-0.2, 0) is 9.59 Å². The van der Waals surface area contributed by atoms with Gasteiger partial charge in [0.2, 0.25) is 5.91 Å². The maximum Gasteiger partial charge on any atom is 0.326 e. The molecule has 0 aliphatic heterocycles. The van der Waals surface area contributed by atoms with E-state index in [1.807, 2.05) is 13.8 Å². The van der Waals surface area contributed by atoms with E-state index in [9.17, 15) is 9.59 Å². The van der Waals surface area contributed by atoms with Gasteiger partial charge in [0.05, 0.1) is 0 Å². The van der Waals surface area contributed by atoms with Crippen LogP contribution in [0.15, 0.2) is 0 Å². The summed E-state index contributed by atoms with van der Waals surface area (Å²) in [6, 6.07) is -0.781. The van der Waals surface area contributed by atoms with E-state index in [1.165, 1.54) is 0 Å². The lowest BCUT2D eigenvalue weighted by Gasteiger charge is -2.21. The summed E-state index contributed by atoms with van der Waals surface area (Å²) in [7, 11) is 0. The number of rotatable bonds is 6. The SMILES string of the molecule is CC(C)C[C@H](NC(=O)C1CCCC1CN)C(=O)O. The molecule has 0 spiro atoms. The first-order chi connectivity index (χ1) is 8.45. The van der Waals surface area contributed by atoms with Crippen LogP contribution in [0.1, 0.15) is 39.5 Å². The topological polar surface area (TPSA) is 92.4 Å². The first-order valence-electron chi connectivity index (χ1n) is 6.69. The van der Waals surface area contributed by atoms with Gasteiger partial charge < -0.3 is 16.2 Å². The number of aliphatic carboxylic acids is 1. The van der Waals surface area contributed by atoms with Crippen molar-refractivity contribution in [1.29, 1.82) is 0 Å². The van der Waals surface area contributed by atoms with E-state index in [2.05, 4.69) is 5.32 Å². The number of hydrogen-bond acceptors (Lipinski definition) is 3. The van der Waals surface area contributed by atoms with Crippen molar-refractivity contribution in [1.82, 2.24) is 5.32 Å². The number of carbonyl (C=O) groups excluding carboxylic acids is 1. The second kappa shape index (κ2) is 6.73. The Morgan fingerprint density at radius 2 is 2.06 bits per heavy atom. The summed E-state index contributed by atoms with van der Waals surface area (Å²) in [5.74, 6) is -0.766. The summed E-state index contributed by atoms with van der Waals surface area (Å²) >= 11 is 0. The molecule has 1 aliphatic carbocycles.